The maximum absolute atomic E-state index is 11.3. The van der Waals surface area contributed by atoms with Gasteiger partial charge in [0.15, 0.2) is 5.82 Å². The molecule has 10 nitrogen and oxygen atoms in total. The van der Waals surface area contributed by atoms with Gasteiger partial charge in [-0.05, 0) is 6.92 Å². The molecule has 0 aliphatic rings. The van der Waals surface area contributed by atoms with Gasteiger partial charge in [0.2, 0.25) is 11.8 Å². The van der Waals surface area contributed by atoms with Gasteiger partial charge in [-0.3, -0.25) is 9.59 Å². The molecule has 0 spiro atoms. The first-order valence-electron chi connectivity index (χ1n) is 5.26. The largest absolute Gasteiger partial charge is 0.480 e. The molecule has 104 valence electrons. The van der Waals surface area contributed by atoms with Crippen molar-refractivity contribution in [2.45, 2.75) is 13.5 Å². The van der Waals surface area contributed by atoms with Crippen LogP contribution in [0.3, 0.4) is 0 Å². The van der Waals surface area contributed by atoms with Crippen molar-refractivity contribution < 1.29 is 24.0 Å². The number of aromatic nitrogens is 2. The molecular weight excluding hydrogens is 258 g/mol. The van der Waals surface area contributed by atoms with E-state index in [2.05, 4.69) is 26.1 Å². The molecule has 0 aliphatic heterocycles. The lowest BCUT2D eigenvalue weighted by molar-refractivity contribution is -0.137. The van der Waals surface area contributed by atoms with Crippen molar-refractivity contribution in [1.29, 1.82) is 0 Å². The van der Waals surface area contributed by atoms with Crippen LogP contribution in [0.4, 0.5) is 4.79 Å². The summed E-state index contributed by atoms with van der Waals surface area (Å²) < 4.78 is 4.76. The Morgan fingerprint density at radius 3 is 2.53 bits per heavy atom. The third-order valence-corrected chi connectivity index (χ3v) is 1.82. The molecule has 1 heterocycles. The van der Waals surface area contributed by atoms with Gasteiger partial charge in [0.05, 0.1) is 13.1 Å². The second-order valence-electron chi connectivity index (χ2n) is 3.44. The molecule has 0 unspecified atom stereocenters. The highest BCUT2D eigenvalue weighted by molar-refractivity contribution is 5.86. The lowest BCUT2D eigenvalue weighted by atomic mass is 10.5. The van der Waals surface area contributed by atoms with Gasteiger partial charge in [-0.2, -0.15) is 4.98 Å². The number of nitrogens with zero attached hydrogens (tertiary/aromatic N) is 2. The molecule has 0 atom stereocenters. The lowest BCUT2D eigenvalue weighted by Crippen LogP contribution is -2.42. The summed E-state index contributed by atoms with van der Waals surface area (Å²) in [5, 5.41) is 18.6. The highest BCUT2D eigenvalue weighted by Crippen LogP contribution is 1.93. The Kier molecular flexibility index (Phi) is 5.26. The average molecular weight is 271 g/mol. The molecule has 19 heavy (non-hydrogen) atoms. The Balaban J connectivity index is 2.17. The van der Waals surface area contributed by atoms with E-state index >= 15 is 0 Å². The zero-order chi connectivity index (χ0) is 14.3. The van der Waals surface area contributed by atoms with E-state index in [0.717, 1.165) is 0 Å². The van der Waals surface area contributed by atoms with Gasteiger partial charge in [-0.25, -0.2) is 4.79 Å². The van der Waals surface area contributed by atoms with Crippen LogP contribution in [0.1, 0.15) is 11.7 Å². The van der Waals surface area contributed by atoms with E-state index in [1.165, 1.54) is 0 Å². The van der Waals surface area contributed by atoms with E-state index in [0.29, 0.717) is 5.82 Å². The fraction of sp³-hybridized carbons (Fsp3) is 0.444. The number of carbonyl (C=O) groups excluding carboxylic acids is 2. The second kappa shape index (κ2) is 6.93. The molecule has 0 fully saturated rings. The van der Waals surface area contributed by atoms with Gasteiger partial charge in [0.25, 0.3) is 0 Å². The molecule has 3 amide bonds. The quantitative estimate of drug-likeness (QED) is 0.486. The molecule has 0 radical (unpaired) electrons. The van der Waals surface area contributed by atoms with Gasteiger partial charge < -0.3 is 25.6 Å². The summed E-state index contributed by atoms with van der Waals surface area (Å²) in [4.78, 5) is 36.4. The van der Waals surface area contributed by atoms with E-state index in [1.54, 1.807) is 6.92 Å². The van der Waals surface area contributed by atoms with Crippen molar-refractivity contribution >= 4 is 17.9 Å². The Bertz CT molecular complexity index is 471. The number of urea groups is 1. The third-order valence-electron chi connectivity index (χ3n) is 1.82. The number of hydrogen-bond acceptors (Lipinski definition) is 6. The summed E-state index contributed by atoms with van der Waals surface area (Å²) >= 11 is 0. The van der Waals surface area contributed by atoms with Crippen molar-refractivity contribution in [1.82, 2.24) is 26.1 Å². The molecule has 1 aromatic heterocycles. The van der Waals surface area contributed by atoms with Crippen molar-refractivity contribution in [2.24, 2.45) is 0 Å². The number of aliphatic carboxylic acids is 1. The van der Waals surface area contributed by atoms with Crippen molar-refractivity contribution in [3.63, 3.8) is 0 Å². The van der Waals surface area contributed by atoms with Gasteiger partial charge in [-0.15, -0.1) is 0 Å². The zero-order valence-corrected chi connectivity index (χ0v) is 10.1. The summed E-state index contributed by atoms with van der Waals surface area (Å²) in [6.45, 7) is 0.842. The molecule has 10 heteroatoms. The number of amides is 3. The molecule has 0 aromatic carbocycles. The van der Waals surface area contributed by atoms with E-state index in [1.807, 2.05) is 0 Å². The van der Waals surface area contributed by atoms with Gasteiger partial charge in [0, 0.05) is 0 Å². The number of carbonyl (C=O) groups is 3. The Morgan fingerprint density at radius 2 is 1.95 bits per heavy atom. The summed E-state index contributed by atoms with van der Waals surface area (Å²) in [5.74, 6) is -1.08. The highest BCUT2D eigenvalue weighted by Gasteiger charge is 2.08. The van der Waals surface area contributed by atoms with Crippen LogP contribution in [0.5, 0.6) is 0 Å². The van der Waals surface area contributed by atoms with Gasteiger partial charge in [0.1, 0.15) is 6.54 Å². The molecule has 1 aromatic rings. The highest BCUT2D eigenvalue weighted by atomic mass is 16.5. The van der Waals surface area contributed by atoms with Crippen LogP contribution in [-0.2, 0) is 16.1 Å². The number of rotatable bonds is 6. The molecule has 0 aliphatic carbocycles. The van der Waals surface area contributed by atoms with Gasteiger partial charge >= 0.3 is 12.0 Å². The maximum atomic E-state index is 11.3. The maximum Gasteiger partial charge on any atom is 0.322 e. The Morgan fingerprint density at radius 1 is 1.21 bits per heavy atom. The normalized spacial score (nSPS) is 9.74. The first-order valence-corrected chi connectivity index (χ1v) is 5.26. The minimum Gasteiger partial charge on any atom is -0.480 e. The molecule has 0 bridgehead atoms. The van der Waals surface area contributed by atoms with E-state index < -0.39 is 24.5 Å². The standard InChI is InChI=1S/C9H13N5O5/c1-5-13-7(19-14-5)3-12-9(18)11-2-6(15)10-4-8(16)17/h2-4H2,1H3,(H,10,15)(H,16,17)(H2,11,12,18). The van der Waals surface area contributed by atoms with Crippen LogP contribution >= 0.6 is 0 Å². The summed E-state index contributed by atoms with van der Waals surface area (Å²) in [5.41, 5.74) is 0. The fourth-order valence-corrected chi connectivity index (χ4v) is 1.03. The van der Waals surface area contributed by atoms with Crippen LogP contribution in [0.15, 0.2) is 4.52 Å². The SMILES string of the molecule is Cc1noc(CNC(=O)NCC(=O)NCC(=O)O)n1. The Hall–Kier alpha value is -2.65. The minimum absolute atomic E-state index is 0.0312. The fourth-order valence-electron chi connectivity index (χ4n) is 1.03. The first kappa shape index (κ1) is 14.4. The van der Waals surface area contributed by atoms with Crippen LogP contribution in [0.2, 0.25) is 0 Å². The number of aryl methyl sites for hydroxylation is 1. The topological polar surface area (TPSA) is 146 Å². The van der Waals surface area contributed by atoms with E-state index in [9.17, 15) is 14.4 Å². The van der Waals surface area contributed by atoms with E-state index in [-0.39, 0.29) is 19.0 Å². The average Bonchev–Trinajstić information content (AvgIpc) is 2.77. The Labute approximate surface area is 107 Å². The monoisotopic (exact) mass is 271 g/mol. The first-order chi connectivity index (χ1) is 8.97. The van der Waals surface area contributed by atoms with Crippen LogP contribution in [0.25, 0.3) is 0 Å². The molecule has 4 N–H and O–H groups in total. The zero-order valence-electron chi connectivity index (χ0n) is 10.1. The lowest BCUT2D eigenvalue weighted by Gasteiger charge is -2.05. The van der Waals surface area contributed by atoms with Crippen molar-refractivity contribution in [3.8, 4) is 0 Å². The number of hydrogen-bond donors (Lipinski definition) is 4. The van der Waals surface area contributed by atoms with Crippen LogP contribution in [0, 0.1) is 6.92 Å². The van der Waals surface area contributed by atoms with Gasteiger partial charge in [-0.1, -0.05) is 5.16 Å². The molecular formula is C9H13N5O5. The number of carboxylic acid groups (broad SMARTS) is 1. The summed E-state index contributed by atoms with van der Waals surface area (Å²) in [7, 11) is 0. The molecule has 1 rings (SSSR count). The van der Waals surface area contributed by atoms with Crippen LogP contribution < -0.4 is 16.0 Å². The summed E-state index contributed by atoms with van der Waals surface area (Å²) in [6.07, 6.45) is 0. The molecule has 0 saturated heterocycles. The number of nitrogens with one attached hydrogen (secondary N) is 3. The van der Waals surface area contributed by atoms with E-state index in [4.69, 9.17) is 9.63 Å². The number of carboxylic acids is 1. The smallest absolute Gasteiger partial charge is 0.322 e. The predicted molar refractivity (Wildman–Crippen MR) is 59.9 cm³/mol. The van der Waals surface area contributed by atoms with Crippen molar-refractivity contribution in [3.05, 3.63) is 11.7 Å². The van der Waals surface area contributed by atoms with Crippen molar-refractivity contribution in [2.75, 3.05) is 13.1 Å². The second-order valence-corrected chi connectivity index (χ2v) is 3.44. The minimum atomic E-state index is -1.16. The predicted octanol–water partition coefficient (Wildman–Crippen LogP) is -1.62. The molecule has 0 saturated carbocycles. The summed E-state index contributed by atoms with van der Waals surface area (Å²) in [6, 6.07) is -0.610. The van der Waals surface area contributed by atoms with Crippen LogP contribution in [-0.4, -0.2) is 46.2 Å². The third kappa shape index (κ3) is 6.00.